The van der Waals surface area contributed by atoms with Crippen LogP contribution in [0, 0.1) is 0 Å². The van der Waals surface area contributed by atoms with E-state index in [1.807, 2.05) is 13.0 Å². The van der Waals surface area contributed by atoms with Gasteiger partial charge in [-0.05, 0) is 38.1 Å². The molecule has 0 bridgehead atoms. The molecule has 0 spiro atoms. The maximum atomic E-state index is 12.6. The van der Waals surface area contributed by atoms with Crippen molar-refractivity contribution in [2.45, 2.75) is 19.9 Å². The van der Waals surface area contributed by atoms with Crippen LogP contribution in [-0.4, -0.2) is 65.6 Å². The fourth-order valence-electron chi connectivity index (χ4n) is 3.13. The van der Waals surface area contributed by atoms with Gasteiger partial charge in [-0.2, -0.15) is 0 Å². The van der Waals surface area contributed by atoms with Crippen molar-refractivity contribution in [1.82, 2.24) is 14.9 Å². The Hall–Kier alpha value is -2.71. The van der Waals surface area contributed by atoms with E-state index >= 15 is 0 Å². The standard InChI is InChI=1S/C20H24ClN5O3/c1-3-29-20(28)15-6-7-17(23-13-15)26-11-9-25(10-12-26)14(2)19(27)24-16-5-4-8-22-18(16)21/h4-8,13-14H,3,9-12H2,1-2H3,(H,24,27). The van der Waals surface area contributed by atoms with Crippen LogP contribution < -0.4 is 10.2 Å². The third-order valence-corrected chi connectivity index (χ3v) is 5.14. The Kier molecular flexibility index (Phi) is 7.00. The summed E-state index contributed by atoms with van der Waals surface area (Å²) in [5.41, 5.74) is 0.948. The van der Waals surface area contributed by atoms with E-state index in [1.165, 1.54) is 6.20 Å². The summed E-state index contributed by atoms with van der Waals surface area (Å²) in [7, 11) is 0. The quantitative estimate of drug-likeness (QED) is 0.570. The third-order valence-electron chi connectivity index (χ3n) is 4.84. The lowest BCUT2D eigenvalue weighted by molar-refractivity contribution is -0.120. The number of anilines is 2. The summed E-state index contributed by atoms with van der Waals surface area (Å²) in [6.07, 6.45) is 3.11. The number of nitrogens with one attached hydrogen (secondary N) is 1. The third kappa shape index (κ3) is 5.21. The van der Waals surface area contributed by atoms with Crippen LogP contribution in [0.1, 0.15) is 24.2 Å². The molecule has 29 heavy (non-hydrogen) atoms. The molecule has 1 aliphatic heterocycles. The molecule has 1 saturated heterocycles. The molecule has 9 heteroatoms. The Labute approximate surface area is 174 Å². The van der Waals surface area contributed by atoms with E-state index < -0.39 is 0 Å². The summed E-state index contributed by atoms with van der Waals surface area (Å²) >= 11 is 6.01. The molecule has 2 aromatic heterocycles. The van der Waals surface area contributed by atoms with Crippen LogP contribution in [0.4, 0.5) is 11.5 Å². The second-order valence-electron chi connectivity index (χ2n) is 6.66. The number of piperazine rings is 1. The zero-order valence-corrected chi connectivity index (χ0v) is 17.2. The normalized spacial score (nSPS) is 15.6. The highest BCUT2D eigenvalue weighted by Gasteiger charge is 2.26. The number of amides is 1. The van der Waals surface area contributed by atoms with E-state index in [9.17, 15) is 9.59 Å². The van der Waals surface area contributed by atoms with Gasteiger partial charge in [-0.1, -0.05) is 11.6 Å². The van der Waals surface area contributed by atoms with E-state index in [-0.39, 0.29) is 23.1 Å². The molecule has 1 unspecified atom stereocenters. The van der Waals surface area contributed by atoms with Gasteiger partial charge < -0.3 is 15.0 Å². The molecule has 1 atom stereocenters. The number of hydrogen-bond acceptors (Lipinski definition) is 7. The first-order valence-corrected chi connectivity index (χ1v) is 9.91. The predicted molar refractivity (Wildman–Crippen MR) is 111 cm³/mol. The molecule has 0 aliphatic carbocycles. The number of halogens is 1. The van der Waals surface area contributed by atoms with Gasteiger partial charge in [0.25, 0.3) is 0 Å². The smallest absolute Gasteiger partial charge is 0.339 e. The lowest BCUT2D eigenvalue weighted by Gasteiger charge is -2.38. The molecule has 1 aliphatic rings. The first-order chi connectivity index (χ1) is 14.0. The van der Waals surface area contributed by atoms with E-state index in [0.717, 1.165) is 32.0 Å². The average Bonchev–Trinajstić information content (AvgIpc) is 2.75. The summed E-state index contributed by atoms with van der Waals surface area (Å²) in [5, 5.41) is 3.11. The van der Waals surface area contributed by atoms with Gasteiger partial charge in [-0.15, -0.1) is 0 Å². The number of pyridine rings is 2. The second kappa shape index (κ2) is 9.67. The van der Waals surface area contributed by atoms with Crippen LogP contribution in [0.15, 0.2) is 36.7 Å². The highest BCUT2D eigenvalue weighted by atomic mass is 35.5. The minimum atomic E-state index is -0.370. The molecule has 0 aromatic carbocycles. The van der Waals surface area contributed by atoms with Crippen molar-refractivity contribution in [3.8, 4) is 0 Å². The number of esters is 1. The van der Waals surface area contributed by atoms with Crippen molar-refractivity contribution in [1.29, 1.82) is 0 Å². The van der Waals surface area contributed by atoms with Crippen LogP contribution in [0.3, 0.4) is 0 Å². The van der Waals surface area contributed by atoms with Crippen LogP contribution in [0.2, 0.25) is 5.15 Å². The Morgan fingerprint density at radius 2 is 1.97 bits per heavy atom. The molecule has 1 amide bonds. The lowest BCUT2D eigenvalue weighted by atomic mass is 10.2. The number of rotatable bonds is 6. The highest BCUT2D eigenvalue weighted by Crippen LogP contribution is 2.19. The summed E-state index contributed by atoms with van der Waals surface area (Å²) in [4.78, 5) is 36.9. The number of nitrogens with zero attached hydrogens (tertiary/aromatic N) is 4. The molecule has 3 rings (SSSR count). The van der Waals surface area contributed by atoms with Gasteiger partial charge in [-0.3, -0.25) is 9.69 Å². The molecule has 8 nitrogen and oxygen atoms in total. The van der Waals surface area contributed by atoms with Gasteiger partial charge in [0.15, 0.2) is 5.15 Å². The topological polar surface area (TPSA) is 87.7 Å². The van der Waals surface area contributed by atoms with Crippen LogP contribution in [0.25, 0.3) is 0 Å². The van der Waals surface area contributed by atoms with Crippen molar-refractivity contribution in [2.75, 3.05) is 43.0 Å². The molecule has 3 heterocycles. The first kappa shape index (κ1) is 21.0. The summed E-state index contributed by atoms with van der Waals surface area (Å²) in [5.74, 6) is 0.312. The molecule has 154 valence electrons. The first-order valence-electron chi connectivity index (χ1n) is 9.53. The maximum Gasteiger partial charge on any atom is 0.339 e. The fourth-order valence-corrected chi connectivity index (χ4v) is 3.30. The van der Waals surface area contributed by atoms with E-state index in [1.54, 1.807) is 31.3 Å². The molecule has 0 saturated carbocycles. The maximum absolute atomic E-state index is 12.6. The number of ether oxygens (including phenoxy) is 1. The minimum Gasteiger partial charge on any atom is -0.462 e. The lowest BCUT2D eigenvalue weighted by Crippen LogP contribution is -2.53. The Balaban J connectivity index is 1.53. The monoisotopic (exact) mass is 417 g/mol. The molecule has 1 N–H and O–H groups in total. The fraction of sp³-hybridized carbons (Fsp3) is 0.400. The van der Waals surface area contributed by atoms with Crippen molar-refractivity contribution >= 4 is 35.0 Å². The highest BCUT2D eigenvalue weighted by molar-refractivity contribution is 6.32. The van der Waals surface area contributed by atoms with Gasteiger partial charge in [0.1, 0.15) is 5.82 Å². The van der Waals surface area contributed by atoms with Gasteiger partial charge in [0, 0.05) is 38.6 Å². The second-order valence-corrected chi connectivity index (χ2v) is 7.01. The Bertz CT molecular complexity index is 853. The molecular weight excluding hydrogens is 394 g/mol. The minimum absolute atomic E-state index is 0.120. The van der Waals surface area contributed by atoms with Crippen molar-refractivity contribution in [3.05, 3.63) is 47.4 Å². The van der Waals surface area contributed by atoms with Crippen molar-refractivity contribution in [3.63, 3.8) is 0 Å². The Morgan fingerprint density at radius 1 is 1.21 bits per heavy atom. The zero-order chi connectivity index (χ0) is 20.8. The summed E-state index contributed by atoms with van der Waals surface area (Å²) in [6.45, 7) is 6.89. The number of carbonyl (C=O) groups excluding carboxylic acids is 2. The largest absolute Gasteiger partial charge is 0.462 e. The van der Waals surface area contributed by atoms with E-state index in [0.29, 0.717) is 17.9 Å². The zero-order valence-electron chi connectivity index (χ0n) is 16.5. The average molecular weight is 418 g/mol. The van der Waals surface area contributed by atoms with E-state index in [4.69, 9.17) is 16.3 Å². The summed E-state index contributed by atoms with van der Waals surface area (Å²) < 4.78 is 4.98. The van der Waals surface area contributed by atoms with Crippen LogP contribution >= 0.6 is 11.6 Å². The Morgan fingerprint density at radius 3 is 2.59 bits per heavy atom. The van der Waals surface area contributed by atoms with Crippen LogP contribution in [0.5, 0.6) is 0 Å². The number of hydrogen-bond donors (Lipinski definition) is 1. The van der Waals surface area contributed by atoms with E-state index in [2.05, 4.69) is 25.1 Å². The molecule has 1 fully saturated rings. The predicted octanol–water partition coefficient (Wildman–Crippen LogP) is 2.46. The SMILES string of the molecule is CCOC(=O)c1ccc(N2CCN(C(C)C(=O)Nc3cccnc3Cl)CC2)nc1. The van der Waals surface area contributed by atoms with Gasteiger partial charge in [0.05, 0.1) is 23.9 Å². The van der Waals surface area contributed by atoms with Gasteiger partial charge in [0.2, 0.25) is 5.91 Å². The number of aromatic nitrogens is 2. The summed E-state index contributed by atoms with van der Waals surface area (Å²) in [6, 6.07) is 6.70. The van der Waals surface area contributed by atoms with Gasteiger partial charge >= 0.3 is 5.97 Å². The van der Waals surface area contributed by atoms with Crippen molar-refractivity contribution < 1.29 is 14.3 Å². The van der Waals surface area contributed by atoms with Crippen LogP contribution in [-0.2, 0) is 9.53 Å². The molecule has 0 radical (unpaired) electrons. The molecule has 2 aromatic rings. The van der Waals surface area contributed by atoms with Gasteiger partial charge in [-0.25, -0.2) is 14.8 Å². The number of carbonyl (C=O) groups is 2. The van der Waals surface area contributed by atoms with Crippen molar-refractivity contribution in [2.24, 2.45) is 0 Å². The molecular formula is C20H24ClN5O3.